The van der Waals surface area contributed by atoms with Gasteiger partial charge in [-0.1, -0.05) is 96.2 Å². The Hall–Kier alpha value is -5.42. The van der Waals surface area contributed by atoms with Crippen molar-refractivity contribution >= 4 is 36.5 Å². The maximum Gasteiger partial charge on any atom is 0.333 e. The van der Waals surface area contributed by atoms with Gasteiger partial charge in [0, 0.05) is 33.6 Å². The second kappa shape index (κ2) is 27.7. The van der Waals surface area contributed by atoms with Crippen molar-refractivity contribution in [3.05, 3.63) is 125 Å². The number of ether oxygens (including phenoxy) is 5. The molecule has 0 amide bonds. The molecule has 0 aromatic heterocycles. The van der Waals surface area contributed by atoms with Gasteiger partial charge in [0.15, 0.2) is 0 Å². The van der Waals surface area contributed by atoms with Gasteiger partial charge in [-0.2, -0.15) is 12.6 Å². The summed E-state index contributed by atoms with van der Waals surface area (Å²) in [5.41, 5.74) is 6.86. The van der Waals surface area contributed by atoms with Crippen LogP contribution in [0.15, 0.2) is 97.1 Å². The monoisotopic (exact) mass is 967 g/mol. The Balaban J connectivity index is 1.76. The quantitative estimate of drug-likeness (QED) is 0.0250. The van der Waals surface area contributed by atoms with Crippen LogP contribution in [0.2, 0.25) is 0 Å². The summed E-state index contributed by atoms with van der Waals surface area (Å²) in [5.74, 6) is -0.637. The van der Waals surface area contributed by atoms with Crippen LogP contribution in [0.3, 0.4) is 0 Å². The van der Waals surface area contributed by atoms with Crippen LogP contribution in [-0.2, 0) is 57.4 Å². The maximum absolute atomic E-state index is 16.3. The van der Waals surface area contributed by atoms with E-state index >= 15 is 4.39 Å². The molecule has 0 spiro atoms. The van der Waals surface area contributed by atoms with Gasteiger partial charge in [0.1, 0.15) is 31.4 Å². The zero-order valence-electron chi connectivity index (χ0n) is 42.0. The van der Waals surface area contributed by atoms with Crippen LogP contribution in [0.5, 0.6) is 5.75 Å². The third-order valence-electron chi connectivity index (χ3n) is 12.8. The predicted molar refractivity (Wildman–Crippen MR) is 277 cm³/mol. The lowest BCUT2D eigenvalue weighted by Gasteiger charge is -2.31. The van der Waals surface area contributed by atoms with Crippen molar-refractivity contribution in [1.29, 1.82) is 0 Å². The van der Waals surface area contributed by atoms with Gasteiger partial charge in [0.05, 0.1) is 18.6 Å². The van der Waals surface area contributed by atoms with E-state index in [9.17, 15) is 19.2 Å². The van der Waals surface area contributed by atoms with E-state index in [-0.39, 0.29) is 55.8 Å². The lowest BCUT2D eigenvalue weighted by molar-refractivity contribution is -0.149. The van der Waals surface area contributed by atoms with Crippen LogP contribution in [0.4, 0.5) is 4.39 Å². The number of hydrogen-bond donors (Lipinski definition) is 1. The van der Waals surface area contributed by atoms with Gasteiger partial charge in [0.2, 0.25) is 0 Å². The zero-order valence-corrected chi connectivity index (χ0v) is 42.9. The first-order valence-electron chi connectivity index (χ1n) is 24.5. The van der Waals surface area contributed by atoms with Crippen LogP contribution in [0.1, 0.15) is 134 Å². The Labute approximate surface area is 416 Å². The van der Waals surface area contributed by atoms with Gasteiger partial charge >= 0.3 is 23.9 Å². The first kappa shape index (κ1) is 56.2. The fraction of sp³-hybridized carbons (Fsp3) is 0.483. The van der Waals surface area contributed by atoms with Crippen molar-refractivity contribution in [2.75, 3.05) is 38.8 Å². The second-order valence-corrected chi connectivity index (χ2v) is 19.3. The summed E-state index contributed by atoms with van der Waals surface area (Å²) in [4.78, 5) is 49.9. The summed E-state index contributed by atoms with van der Waals surface area (Å²) in [6.45, 7) is 25.2. The Morgan fingerprint density at radius 3 is 1.70 bits per heavy atom. The van der Waals surface area contributed by atoms with E-state index in [0.717, 1.165) is 57.7 Å². The minimum absolute atomic E-state index is 0.0740. The number of halogens is 1. The zero-order chi connectivity index (χ0) is 50.7. The van der Waals surface area contributed by atoms with Crippen LogP contribution < -0.4 is 4.74 Å². The van der Waals surface area contributed by atoms with E-state index in [1.807, 2.05) is 24.3 Å². The van der Waals surface area contributed by atoms with Crippen molar-refractivity contribution in [2.45, 2.75) is 131 Å². The maximum atomic E-state index is 16.3. The first-order valence-corrected chi connectivity index (χ1v) is 25.2. The molecule has 0 aliphatic heterocycles. The lowest BCUT2D eigenvalue weighted by atomic mass is 9.77. The molecule has 1 saturated carbocycles. The molecule has 3 aromatic carbocycles. The molecule has 3 aromatic rings. The number of unbranched alkanes of at least 4 members (excludes halogenated alkanes) is 2. The van der Waals surface area contributed by atoms with Gasteiger partial charge in [-0.3, -0.25) is 0 Å². The SMILES string of the molecule is C=C(C)C(=O)OCCCc1cc(-c2ccc(-c3ccc(C4CCC(CCCCC)CC4)cc3F)c(CC)c2)c(CCCOC(=O)C(=C)C)cc1OCC(CS)(COC(=O)C(=C)C)COC(=O)C(=C)C. The summed E-state index contributed by atoms with van der Waals surface area (Å²) in [6.07, 6.45) is 12.2. The van der Waals surface area contributed by atoms with E-state index in [1.165, 1.54) is 52.4 Å². The molecule has 9 nitrogen and oxygen atoms in total. The number of carbonyl (C=O) groups excluding carboxylic acids is 4. The predicted octanol–water partition coefficient (Wildman–Crippen LogP) is 13.2. The highest BCUT2D eigenvalue weighted by Gasteiger charge is 2.35. The fourth-order valence-corrected chi connectivity index (χ4v) is 8.81. The minimum Gasteiger partial charge on any atom is -0.492 e. The molecule has 0 bridgehead atoms. The number of carbonyl (C=O) groups is 4. The fourth-order valence-electron chi connectivity index (χ4n) is 8.54. The number of aryl methyl sites for hydroxylation is 3. The third-order valence-corrected chi connectivity index (χ3v) is 13.5. The van der Waals surface area contributed by atoms with Gasteiger partial charge in [-0.15, -0.1) is 0 Å². The first-order chi connectivity index (χ1) is 32.9. The van der Waals surface area contributed by atoms with Crippen molar-refractivity contribution in [3.8, 4) is 28.0 Å². The summed E-state index contributed by atoms with van der Waals surface area (Å²) in [7, 11) is 0. The molecule has 11 heteroatoms. The van der Waals surface area contributed by atoms with Gasteiger partial charge in [-0.05, 0) is 154 Å². The van der Waals surface area contributed by atoms with Crippen molar-refractivity contribution in [3.63, 3.8) is 0 Å². The van der Waals surface area contributed by atoms with Crippen molar-refractivity contribution in [1.82, 2.24) is 0 Å². The van der Waals surface area contributed by atoms with Gasteiger partial charge in [-0.25, -0.2) is 23.6 Å². The third kappa shape index (κ3) is 16.9. The summed E-state index contributed by atoms with van der Waals surface area (Å²) < 4.78 is 45.1. The molecule has 1 aliphatic carbocycles. The molecular weight excluding hydrogens is 892 g/mol. The summed E-state index contributed by atoms with van der Waals surface area (Å²) in [6, 6.07) is 15.9. The Kier molecular flexibility index (Phi) is 22.5. The molecule has 0 N–H and O–H groups in total. The molecule has 69 heavy (non-hydrogen) atoms. The Morgan fingerprint density at radius 1 is 0.623 bits per heavy atom. The normalized spacial score (nSPS) is 14.6. The summed E-state index contributed by atoms with van der Waals surface area (Å²) in [5, 5.41) is 0. The van der Waals surface area contributed by atoms with Crippen molar-refractivity contribution < 1.29 is 47.3 Å². The number of rotatable bonds is 28. The van der Waals surface area contributed by atoms with Crippen LogP contribution >= 0.6 is 12.6 Å². The molecule has 0 saturated heterocycles. The summed E-state index contributed by atoms with van der Waals surface area (Å²) >= 11 is 4.63. The van der Waals surface area contributed by atoms with Crippen molar-refractivity contribution in [2.24, 2.45) is 11.3 Å². The van der Waals surface area contributed by atoms with Crippen LogP contribution in [0.25, 0.3) is 22.3 Å². The van der Waals surface area contributed by atoms with E-state index < -0.39 is 29.3 Å². The second-order valence-electron chi connectivity index (χ2n) is 19.0. The molecule has 1 fully saturated rings. The average Bonchev–Trinajstić information content (AvgIpc) is 3.33. The lowest BCUT2D eigenvalue weighted by Crippen LogP contribution is -2.41. The molecule has 374 valence electrons. The molecule has 4 rings (SSSR count). The Morgan fingerprint density at radius 2 is 1.17 bits per heavy atom. The highest BCUT2D eigenvalue weighted by molar-refractivity contribution is 7.80. The number of hydrogen-bond acceptors (Lipinski definition) is 10. The number of benzene rings is 3. The van der Waals surface area contributed by atoms with E-state index in [0.29, 0.717) is 60.5 Å². The highest BCUT2D eigenvalue weighted by Crippen LogP contribution is 2.41. The topological polar surface area (TPSA) is 114 Å². The van der Waals surface area contributed by atoms with Gasteiger partial charge < -0.3 is 23.7 Å². The standard InChI is InChI=1S/C58H75FO9S/c1-11-13-14-17-42-20-22-44(23-21-42)45-24-27-50(52(59)32-45)49-26-25-47(30-43(49)12-2)51-31-48(19-16-29-65-55(61)39(5)6)53(33-46(51)18-15-28-64-54(60)38(3)4)66-34-58(37-69,35-67-56(62)40(7)8)36-68-57(63)41(9)10/h24-27,30-33,42,44,69H,3,5,7,9,11-23,28-29,34-37H2,1-2,4,6,8,10H3. The molecule has 0 unspecified atom stereocenters. The largest absolute Gasteiger partial charge is 0.492 e. The molecule has 0 radical (unpaired) electrons. The Bertz CT molecular complexity index is 2290. The molecule has 0 heterocycles. The van der Waals surface area contributed by atoms with E-state index in [2.05, 4.69) is 71.0 Å². The number of esters is 4. The van der Waals surface area contributed by atoms with Crippen LogP contribution in [-0.4, -0.2) is 62.7 Å². The highest BCUT2D eigenvalue weighted by atomic mass is 32.1. The molecular formula is C58H75FO9S. The minimum atomic E-state index is -1.09. The van der Waals surface area contributed by atoms with Crippen LogP contribution in [0, 0.1) is 17.2 Å². The van der Waals surface area contributed by atoms with E-state index in [4.69, 9.17) is 23.7 Å². The molecule has 0 atom stereocenters. The smallest absolute Gasteiger partial charge is 0.333 e. The number of thiol groups is 1. The average molecular weight is 967 g/mol. The van der Waals surface area contributed by atoms with E-state index in [1.54, 1.807) is 19.9 Å². The van der Waals surface area contributed by atoms with Gasteiger partial charge in [0.25, 0.3) is 0 Å². The molecule has 1 aliphatic rings.